The van der Waals surface area contributed by atoms with Crippen LogP contribution < -0.4 is 5.32 Å². The zero-order chi connectivity index (χ0) is 14.8. The summed E-state index contributed by atoms with van der Waals surface area (Å²) in [6.07, 6.45) is 1.21. The van der Waals surface area contributed by atoms with Gasteiger partial charge in [0.25, 0.3) is 0 Å². The van der Waals surface area contributed by atoms with Crippen molar-refractivity contribution in [1.29, 1.82) is 0 Å². The zero-order valence-electron chi connectivity index (χ0n) is 10.7. The third-order valence-electron chi connectivity index (χ3n) is 2.74. The molecule has 0 atom stereocenters. The first-order chi connectivity index (χ1) is 9.36. The molecule has 1 N–H and O–H groups in total. The fourth-order valence-corrected chi connectivity index (χ4v) is 3.03. The van der Waals surface area contributed by atoms with Crippen molar-refractivity contribution >= 4 is 47.4 Å². The first-order valence-electron chi connectivity index (χ1n) is 5.84. The number of hydrogen-bond donors (Lipinski definition) is 1. The topological polar surface area (TPSA) is 46.2 Å². The number of anilines is 1. The number of nitrogens with one attached hydrogen (secondary N) is 1. The molecular weight excluding hydrogens is 406 g/mol. The summed E-state index contributed by atoms with van der Waals surface area (Å²) in [6, 6.07) is 12.8. The van der Waals surface area contributed by atoms with Gasteiger partial charge in [0, 0.05) is 27.4 Å². The number of rotatable bonds is 4. The molecule has 2 rings (SSSR count). The molecule has 0 aliphatic carbocycles. The van der Waals surface area contributed by atoms with Crippen molar-refractivity contribution in [2.75, 3.05) is 11.6 Å². The fraction of sp³-hybridized carbons (Fsp3) is 0.143. The van der Waals surface area contributed by atoms with E-state index in [2.05, 4.69) is 37.2 Å². The van der Waals surface area contributed by atoms with E-state index in [4.69, 9.17) is 0 Å². The lowest BCUT2D eigenvalue weighted by atomic mass is 10.2. The maximum Gasteiger partial charge on any atom is 0.175 e. The fourth-order valence-electron chi connectivity index (χ4n) is 1.69. The van der Waals surface area contributed by atoms with E-state index in [1.54, 1.807) is 18.2 Å². The molecule has 0 fully saturated rings. The maximum atomic E-state index is 11.5. The Morgan fingerprint density at radius 2 is 1.80 bits per heavy atom. The van der Waals surface area contributed by atoms with Crippen molar-refractivity contribution in [3.63, 3.8) is 0 Å². The number of sulfone groups is 1. The van der Waals surface area contributed by atoms with Crippen LogP contribution in [0.1, 0.15) is 5.56 Å². The molecule has 0 spiro atoms. The van der Waals surface area contributed by atoms with Gasteiger partial charge in [0.05, 0.1) is 4.90 Å². The molecular formula is C14H13Br2NO2S. The molecule has 106 valence electrons. The molecule has 0 amide bonds. The predicted molar refractivity (Wildman–Crippen MR) is 88.7 cm³/mol. The van der Waals surface area contributed by atoms with E-state index in [0.29, 0.717) is 11.4 Å². The monoisotopic (exact) mass is 417 g/mol. The smallest absolute Gasteiger partial charge is 0.175 e. The summed E-state index contributed by atoms with van der Waals surface area (Å²) in [5.41, 5.74) is 1.89. The SMILES string of the molecule is CS(=O)(=O)c1cccc(NCc2ccc(Br)c(Br)c2)c1. The van der Waals surface area contributed by atoms with Crippen LogP contribution in [0.15, 0.2) is 56.3 Å². The highest BCUT2D eigenvalue weighted by Gasteiger charge is 2.07. The quantitative estimate of drug-likeness (QED) is 0.808. The molecule has 0 radical (unpaired) electrons. The Labute approximate surface area is 135 Å². The van der Waals surface area contributed by atoms with Gasteiger partial charge in [-0.05, 0) is 67.8 Å². The largest absolute Gasteiger partial charge is 0.381 e. The highest BCUT2D eigenvalue weighted by molar-refractivity contribution is 9.13. The molecule has 0 heterocycles. The van der Waals surface area contributed by atoms with Crippen molar-refractivity contribution in [3.05, 3.63) is 57.0 Å². The summed E-state index contributed by atoms with van der Waals surface area (Å²) in [7, 11) is -3.17. The Bertz CT molecular complexity index is 730. The molecule has 0 aliphatic rings. The number of benzene rings is 2. The average Bonchev–Trinajstić information content (AvgIpc) is 2.39. The lowest BCUT2D eigenvalue weighted by Crippen LogP contribution is -2.02. The molecule has 2 aromatic carbocycles. The summed E-state index contributed by atoms with van der Waals surface area (Å²) < 4.78 is 25.0. The molecule has 6 heteroatoms. The van der Waals surface area contributed by atoms with Crippen molar-refractivity contribution < 1.29 is 8.42 Å². The van der Waals surface area contributed by atoms with Crippen molar-refractivity contribution in [3.8, 4) is 0 Å². The molecule has 0 saturated carbocycles. The first kappa shape index (κ1) is 15.5. The molecule has 20 heavy (non-hydrogen) atoms. The second-order valence-corrected chi connectivity index (χ2v) is 8.13. The standard InChI is InChI=1S/C14H13Br2NO2S/c1-20(18,19)12-4-2-3-11(8-12)17-9-10-5-6-13(15)14(16)7-10/h2-8,17H,9H2,1H3. The lowest BCUT2D eigenvalue weighted by Gasteiger charge is -2.09. The Kier molecular flexibility index (Phi) is 4.88. The second kappa shape index (κ2) is 6.28. The van der Waals surface area contributed by atoms with Crippen LogP contribution in [0.2, 0.25) is 0 Å². The Balaban J connectivity index is 2.13. The number of halogens is 2. The van der Waals surface area contributed by atoms with Crippen LogP contribution in [0, 0.1) is 0 Å². The minimum Gasteiger partial charge on any atom is -0.381 e. The van der Waals surface area contributed by atoms with E-state index in [9.17, 15) is 8.42 Å². The van der Waals surface area contributed by atoms with Gasteiger partial charge < -0.3 is 5.32 Å². The van der Waals surface area contributed by atoms with E-state index in [1.165, 1.54) is 6.26 Å². The molecule has 2 aromatic rings. The van der Waals surface area contributed by atoms with Crippen LogP contribution in [0.25, 0.3) is 0 Å². The van der Waals surface area contributed by atoms with Crippen LogP contribution in [0.3, 0.4) is 0 Å². The van der Waals surface area contributed by atoms with Gasteiger partial charge in [-0.2, -0.15) is 0 Å². The van der Waals surface area contributed by atoms with Gasteiger partial charge >= 0.3 is 0 Å². The molecule has 0 aliphatic heterocycles. The van der Waals surface area contributed by atoms with Crippen LogP contribution >= 0.6 is 31.9 Å². The third-order valence-corrected chi connectivity index (χ3v) is 5.73. The lowest BCUT2D eigenvalue weighted by molar-refractivity contribution is 0.602. The normalized spacial score (nSPS) is 11.3. The summed E-state index contributed by atoms with van der Waals surface area (Å²) in [6.45, 7) is 0.624. The van der Waals surface area contributed by atoms with Crippen molar-refractivity contribution in [2.24, 2.45) is 0 Å². The molecule has 3 nitrogen and oxygen atoms in total. The van der Waals surface area contributed by atoms with Crippen LogP contribution in [-0.4, -0.2) is 14.7 Å². The van der Waals surface area contributed by atoms with Gasteiger partial charge in [0.2, 0.25) is 0 Å². The van der Waals surface area contributed by atoms with E-state index >= 15 is 0 Å². The summed E-state index contributed by atoms with van der Waals surface area (Å²) in [4.78, 5) is 0.319. The van der Waals surface area contributed by atoms with Gasteiger partial charge in [-0.15, -0.1) is 0 Å². The van der Waals surface area contributed by atoms with E-state index < -0.39 is 9.84 Å². The molecule has 0 unspecified atom stereocenters. The Hall–Kier alpha value is -0.850. The average molecular weight is 419 g/mol. The van der Waals surface area contributed by atoms with E-state index in [-0.39, 0.29) is 0 Å². The summed E-state index contributed by atoms with van der Waals surface area (Å²) in [5, 5.41) is 3.22. The molecule has 0 aromatic heterocycles. The minimum absolute atomic E-state index is 0.319. The van der Waals surface area contributed by atoms with E-state index in [0.717, 1.165) is 20.2 Å². The van der Waals surface area contributed by atoms with Gasteiger partial charge in [-0.3, -0.25) is 0 Å². The van der Waals surface area contributed by atoms with Gasteiger partial charge in [0.1, 0.15) is 0 Å². The van der Waals surface area contributed by atoms with Crippen LogP contribution in [0.4, 0.5) is 5.69 Å². The Morgan fingerprint density at radius 1 is 1.05 bits per heavy atom. The highest BCUT2D eigenvalue weighted by Crippen LogP contribution is 2.24. The summed E-state index contributed by atoms with van der Waals surface area (Å²) >= 11 is 6.88. The molecule has 0 saturated heterocycles. The van der Waals surface area contributed by atoms with E-state index in [1.807, 2.05) is 24.3 Å². The second-order valence-electron chi connectivity index (χ2n) is 4.40. The van der Waals surface area contributed by atoms with Gasteiger partial charge in [-0.1, -0.05) is 12.1 Å². The highest BCUT2D eigenvalue weighted by atomic mass is 79.9. The first-order valence-corrected chi connectivity index (χ1v) is 9.32. The summed E-state index contributed by atoms with van der Waals surface area (Å²) in [5.74, 6) is 0. The number of hydrogen-bond acceptors (Lipinski definition) is 3. The van der Waals surface area contributed by atoms with Crippen molar-refractivity contribution in [2.45, 2.75) is 11.4 Å². The third kappa shape index (κ3) is 4.07. The maximum absolute atomic E-state index is 11.5. The minimum atomic E-state index is -3.17. The Morgan fingerprint density at radius 3 is 2.45 bits per heavy atom. The predicted octanol–water partition coefficient (Wildman–Crippen LogP) is 4.23. The molecule has 0 bridgehead atoms. The van der Waals surface area contributed by atoms with Crippen LogP contribution in [0.5, 0.6) is 0 Å². The van der Waals surface area contributed by atoms with Gasteiger partial charge in [0.15, 0.2) is 9.84 Å². The van der Waals surface area contributed by atoms with Crippen molar-refractivity contribution in [1.82, 2.24) is 0 Å². The van der Waals surface area contributed by atoms with Crippen LogP contribution in [-0.2, 0) is 16.4 Å². The van der Waals surface area contributed by atoms with Gasteiger partial charge in [-0.25, -0.2) is 8.42 Å². The zero-order valence-corrected chi connectivity index (χ0v) is 14.7.